The van der Waals surface area contributed by atoms with Crippen LogP contribution in [0.1, 0.15) is 251 Å². The average molecular weight is 804 g/mol. The van der Waals surface area contributed by atoms with Crippen molar-refractivity contribution in [1.82, 2.24) is 0 Å². The summed E-state index contributed by atoms with van der Waals surface area (Å²) >= 11 is 0. The highest BCUT2D eigenvalue weighted by atomic mass is 31.2. The number of ether oxygens (including phenoxy) is 2. The molecule has 0 aromatic heterocycles. The summed E-state index contributed by atoms with van der Waals surface area (Å²) in [6, 6.07) is 0. The zero-order valence-corrected chi connectivity index (χ0v) is 37.6. The van der Waals surface area contributed by atoms with Gasteiger partial charge in [0.1, 0.15) is 6.10 Å². The van der Waals surface area contributed by atoms with E-state index in [0.29, 0.717) is 13.0 Å². The Kier molecular flexibility index (Phi) is 44.2. The lowest BCUT2D eigenvalue weighted by molar-refractivity contribution is -0.154. The summed E-state index contributed by atoms with van der Waals surface area (Å²) in [7, 11) is -4.27. The molecule has 0 amide bonds. The Bertz CT molecular complexity index is 817. The highest BCUT2D eigenvalue weighted by Crippen LogP contribution is 2.43. The van der Waals surface area contributed by atoms with E-state index in [9.17, 15) is 14.3 Å². The molecule has 0 aromatic carbocycles. The van der Waals surface area contributed by atoms with Crippen LogP contribution < -0.4 is 5.73 Å². The van der Waals surface area contributed by atoms with Crippen LogP contribution in [-0.4, -0.2) is 49.9 Å². The molecule has 0 saturated carbocycles. The first kappa shape index (κ1) is 54.5. The fourth-order valence-electron chi connectivity index (χ4n) is 7.24. The molecule has 0 rings (SSSR count). The molecule has 0 aliphatic heterocycles. The third kappa shape index (κ3) is 44.4. The Labute approximate surface area is 341 Å². The van der Waals surface area contributed by atoms with Crippen LogP contribution in [0.15, 0.2) is 0 Å². The van der Waals surface area contributed by atoms with Gasteiger partial charge in [0.15, 0.2) is 0 Å². The van der Waals surface area contributed by atoms with Gasteiger partial charge >= 0.3 is 13.8 Å². The van der Waals surface area contributed by atoms with Crippen LogP contribution in [0.3, 0.4) is 0 Å². The monoisotopic (exact) mass is 804 g/mol. The Morgan fingerprint density at radius 2 is 0.800 bits per heavy atom. The van der Waals surface area contributed by atoms with Gasteiger partial charge in [0, 0.05) is 19.6 Å². The number of esters is 1. The van der Waals surface area contributed by atoms with Gasteiger partial charge in [0.25, 0.3) is 0 Å². The first-order valence-electron chi connectivity index (χ1n) is 24.0. The van der Waals surface area contributed by atoms with Crippen molar-refractivity contribution >= 4 is 13.8 Å². The predicted molar refractivity (Wildman–Crippen MR) is 234 cm³/mol. The van der Waals surface area contributed by atoms with Crippen molar-refractivity contribution in [2.24, 2.45) is 5.73 Å². The second-order valence-electron chi connectivity index (χ2n) is 16.3. The van der Waals surface area contributed by atoms with E-state index in [1.807, 2.05) is 0 Å². The van der Waals surface area contributed by atoms with E-state index in [4.69, 9.17) is 24.3 Å². The van der Waals surface area contributed by atoms with Gasteiger partial charge in [-0.3, -0.25) is 13.8 Å². The van der Waals surface area contributed by atoms with Crippen LogP contribution in [0.5, 0.6) is 0 Å². The van der Waals surface area contributed by atoms with Crippen LogP contribution in [0.2, 0.25) is 0 Å². The molecule has 0 aliphatic carbocycles. The zero-order chi connectivity index (χ0) is 40.2. The summed E-state index contributed by atoms with van der Waals surface area (Å²) < 4.78 is 33.5. The molecule has 0 saturated heterocycles. The Balaban J connectivity index is 3.84. The van der Waals surface area contributed by atoms with Crippen molar-refractivity contribution in [3.05, 3.63) is 0 Å². The van der Waals surface area contributed by atoms with E-state index in [2.05, 4.69) is 13.8 Å². The molecule has 8 nitrogen and oxygen atoms in total. The highest BCUT2D eigenvalue weighted by molar-refractivity contribution is 7.47. The summed E-state index contributed by atoms with van der Waals surface area (Å²) in [6.45, 7) is 4.99. The average Bonchev–Trinajstić information content (AvgIpc) is 3.17. The molecule has 0 fully saturated rings. The van der Waals surface area contributed by atoms with Crippen LogP contribution in [-0.2, 0) is 27.9 Å². The fourth-order valence-corrected chi connectivity index (χ4v) is 8.00. The van der Waals surface area contributed by atoms with Gasteiger partial charge in [0.05, 0.1) is 19.8 Å². The van der Waals surface area contributed by atoms with Gasteiger partial charge in [0.2, 0.25) is 0 Å². The van der Waals surface area contributed by atoms with Crippen molar-refractivity contribution in [3.8, 4) is 0 Å². The standard InChI is InChI=1S/C46H94NO7P/c1-3-5-7-9-11-13-15-17-18-19-20-21-22-23-24-25-26-27-28-29-31-33-35-37-39-46(48)54-45(44-53-55(49,50)52-42-40-47)43-51-41-38-36-34-32-30-16-14-12-10-8-6-4-2/h45H,3-44,47H2,1-2H3,(H,49,50)/t45-/m1/s1. The van der Waals surface area contributed by atoms with E-state index in [0.717, 1.165) is 32.1 Å². The maximum Gasteiger partial charge on any atom is 0.472 e. The van der Waals surface area contributed by atoms with Crippen molar-refractivity contribution < 1.29 is 32.8 Å². The van der Waals surface area contributed by atoms with Crippen LogP contribution >= 0.6 is 7.82 Å². The third-order valence-electron chi connectivity index (χ3n) is 10.8. The smallest absolute Gasteiger partial charge is 0.457 e. The van der Waals surface area contributed by atoms with E-state index in [-0.39, 0.29) is 32.3 Å². The third-order valence-corrected chi connectivity index (χ3v) is 11.8. The number of nitrogens with two attached hydrogens (primary N) is 1. The van der Waals surface area contributed by atoms with Gasteiger partial charge in [-0.15, -0.1) is 0 Å². The van der Waals surface area contributed by atoms with Crippen molar-refractivity contribution in [2.45, 2.75) is 258 Å². The molecular weight excluding hydrogens is 709 g/mol. The Hall–Kier alpha value is -0.500. The summed E-state index contributed by atoms with van der Waals surface area (Å²) in [5.41, 5.74) is 5.37. The first-order valence-corrected chi connectivity index (χ1v) is 25.5. The minimum atomic E-state index is -4.27. The summed E-state index contributed by atoms with van der Waals surface area (Å²) in [6.07, 6.45) is 47.1. The maximum absolute atomic E-state index is 12.6. The topological polar surface area (TPSA) is 117 Å². The van der Waals surface area contributed by atoms with Crippen molar-refractivity contribution in [1.29, 1.82) is 0 Å². The van der Waals surface area contributed by atoms with Crippen LogP contribution in [0, 0.1) is 0 Å². The summed E-state index contributed by atoms with van der Waals surface area (Å²) in [4.78, 5) is 22.5. The summed E-state index contributed by atoms with van der Waals surface area (Å²) in [5.74, 6) is -0.322. The lowest BCUT2D eigenvalue weighted by atomic mass is 10.0. The maximum atomic E-state index is 12.6. The molecule has 55 heavy (non-hydrogen) atoms. The van der Waals surface area contributed by atoms with Crippen LogP contribution in [0.25, 0.3) is 0 Å². The normalized spacial score (nSPS) is 13.3. The number of hydrogen-bond acceptors (Lipinski definition) is 7. The second-order valence-corrected chi connectivity index (χ2v) is 17.8. The number of carbonyl (C=O) groups excluding carboxylic acids is 1. The predicted octanol–water partition coefficient (Wildman–Crippen LogP) is 14.5. The number of carbonyl (C=O) groups is 1. The molecule has 3 N–H and O–H groups in total. The minimum absolute atomic E-state index is 0.0900. The summed E-state index contributed by atoms with van der Waals surface area (Å²) in [5, 5.41) is 0. The molecular formula is C46H94NO7P. The number of unbranched alkanes of at least 4 members (excludes halogenated alkanes) is 34. The van der Waals surface area contributed by atoms with Gasteiger partial charge in [-0.25, -0.2) is 4.57 Å². The Morgan fingerprint density at radius 1 is 0.473 bits per heavy atom. The van der Waals surface area contributed by atoms with Gasteiger partial charge in [-0.1, -0.05) is 232 Å². The van der Waals surface area contributed by atoms with Crippen LogP contribution in [0.4, 0.5) is 0 Å². The van der Waals surface area contributed by atoms with Crippen molar-refractivity contribution in [2.75, 3.05) is 33.0 Å². The van der Waals surface area contributed by atoms with E-state index in [1.54, 1.807) is 0 Å². The van der Waals surface area contributed by atoms with E-state index in [1.165, 1.54) is 199 Å². The lowest BCUT2D eigenvalue weighted by Crippen LogP contribution is -2.28. The molecule has 0 bridgehead atoms. The largest absolute Gasteiger partial charge is 0.472 e. The van der Waals surface area contributed by atoms with Gasteiger partial charge in [-0.05, 0) is 12.8 Å². The second kappa shape index (κ2) is 44.6. The SMILES string of the molecule is CCCCCCCCCCCCCCCCCCCCCCCCCCC(=O)O[C@H](COCCCCCCCCCCCCCC)COP(=O)(O)OCCN. The fraction of sp³-hybridized carbons (Fsp3) is 0.978. The number of rotatable bonds is 47. The molecule has 1 unspecified atom stereocenters. The van der Waals surface area contributed by atoms with Gasteiger partial charge in [-0.2, -0.15) is 0 Å². The lowest BCUT2D eigenvalue weighted by Gasteiger charge is -2.20. The number of phosphoric acid groups is 1. The first-order chi connectivity index (χ1) is 26.9. The van der Waals surface area contributed by atoms with Gasteiger partial charge < -0.3 is 20.1 Å². The molecule has 0 aliphatic rings. The van der Waals surface area contributed by atoms with E-state index >= 15 is 0 Å². The van der Waals surface area contributed by atoms with E-state index < -0.39 is 13.9 Å². The van der Waals surface area contributed by atoms with Crippen molar-refractivity contribution in [3.63, 3.8) is 0 Å². The molecule has 0 radical (unpaired) electrons. The minimum Gasteiger partial charge on any atom is -0.457 e. The molecule has 0 aromatic rings. The number of hydrogen-bond donors (Lipinski definition) is 2. The highest BCUT2D eigenvalue weighted by Gasteiger charge is 2.25. The number of phosphoric ester groups is 1. The molecule has 2 atom stereocenters. The molecule has 330 valence electrons. The zero-order valence-electron chi connectivity index (χ0n) is 36.7. The molecule has 0 spiro atoms. The quantitative estimate of drug-likeness (QED) is 0.0355. The molecule has 0 heterocycles. The molecule has 9 heteroatoms. The Morgan fingerprint density at radius 3 is 1.15 bits per heavy atom.